The Morgan fingerprint density at radius 2 is 2.10 bits per heavy atom. The smallest absolute Gasteiger partial charge is 0.227 e. The maximum atomic E-state index is 12.2. The van der Waals surface area contributed by atoms with Gasteiger partial charge in [0.05, 0.1) is 11.9 Å². The molecule has 2 atom stereocenters. The first-order chi connectivity index (χ1) is 8.68. The normalized spacial score (nSPS) is 21.3. The molecule has 0 spiro atoms. The van der Waals surface area contributed by atoms with Crippen LogP contribution in [-0.4, -0.2) is 24.0 Å². The summed E-state index contributed by atoms with van der Waals surface area (Å²) in [5.41, 5.74) is 6.92. The summed E-state index contributed by atoms with van der Waals surface area (Å²) in [5.74, 6) is 0.468. The van der Waals surface area contributed by atoms with Gasteiger partial charge < -0.3 is 10.6 Å². The Bertz CT molecular complexity index is 403. The zero-order valence-corrected chi connectivity index (χ0v) is 13.3. The molecule has 114 valence electrons. The standard InChI is InChI=1S/C14H21N3O.2ClH/c1-17(12-6-4-8-16-10-12)14(18)9-11-5-2-3-7-13(11)15;;/h4,6,8,10-11,13H,2-3,5,7,9,15H2,1H3;2*1H. The van der Waals surface area contributed by atoms with Crippen LogP contribution in [0.15, 0.2) is 24.5 Å². The lowest BCUT2D eigenvalue weighted by Crippen LogP contribution is -2.37. The number of nitrogens with zero attached hydrogens (tertiary/aromatic N) is 2. The largest absolute Gasteiger partial charge is 0.327 e. The van der Waals surface area contributed by atoms with Gasteiger partial charge in [-0.25, -0.2) is 0 Å². The monoisotopic (exact) mass is 319 g/mol. The van der Waals surface area contributed by atoms with Crippen LogP contribution in [-0.2, 0) is 4.79 Å². The lowest BCUT2D eigenvalue weighted by Gasteiger charge is -2.29. The number of amides is 1. The van der Waals surface area contributed by atoms with E-state index in [-0.39, 0.29) is 36.8 Å². The third kappa shape index (κ3) is 4.93. The molecule has 0 bridgehead atoms. The summed E-state index contributed by atoms with van der Waals surface area (Å²) >= 11 is 0. The van der Waals surface area contributed by atoms with E-state index in [1.165, 1.54) is 12.8 Å². The highest BCUT2D eigenvalue weighted by atomic mass is 35.5. The molecule has 20 heavy (non-hydrogen) atoms. The number of pyridine rings is 1. The Labute approximate surface area is 132 Å². The first-order valence-corrected chi connectivity index (χ1v) is 6.60. The molecular weight excluding hydrogens is 297 g/mol. The molecule has 1 fully saturated rings. The lowest BCUT2D eigenvalue weighted by molar-refractivity contribution is -0.119. The van der Waals surface area contributed by atoms with Gasteiger partial charge in [-0.2, -0.15) is 0 Å². The van der Waals surface area contributed by atoms with Crippen LogP contribution in [0, 0.1) is 5.92 Å². The van der Waals surface area contributed by atoms with Crippen molar-refractivity contribution in [2.75, 3.05) is 11.9 Å². The van der Waals surface area contributed by atoms with Gasteiger partial charge in [0.2, 0.25) is 5.91 Å². The molecule has 0 aromatic carbocycles. The van der Waals surface area contributed by atoms with Crippen LogP contribution >= 0.6 is 24.8 Å². The topological polar surface area (TPSA) is 59.2 Å². The number of hydrogen-bond acceptors (Lipinski definition) is 3. The van der Waals surface area contributed by atoms with Crippen LogP contribution in [0.5, 0.6) is 0 Å². The molecule has 1 aliphatic rings. The molecule has 1 aromatic heterocycles. The molecule has 1 aromatic rings. The molecule has 4 nitrogen and oxygen atoms in total. The Balaban J connectivity index is 0.00000180. The van der Waals surface area contributed by atoms with Gasteiger partial charge >= 0.3 is 0 Å². The maximum absolute atomic E-state index is 12.2. The van der Waals surface area contributed by atoms with Crippen molar-refractivity contribution in [2.45, 2.75) is 38.1 Å². The quantitative estimate of drug-likeness (QED) is 0.931. The maximum Gasteiger partial charge on any atom is 0.227 e. The van der Waals surface area contributed by atoms with E-state index >= 15 is 0 Å². The Morgan fingerprint density at radius 3 is 2.70 bits per heavy atom. The molecule has 2 unspecified atom stereocenters. The number of aromatic nitrogens is 1. The van der Waals surface area contributed by atoms with Crippen molar-refractivity contribution >= 4 is 36.4 Å². The fraction of sp³-hybridized carbons (Fsp3) is 0.571. The van der Waals surface area contributed by atoms with Crippen LogP contribution in [0.3, 0.4) is 0 Å². The molecule has 0 aliphatic heterocycles. The third-order valence-electron chi connectivity index (χ3n) is 3.81. The summed E-state index contributed by atoms with van der Waals surface area (Å²) in [6, 6.07) is 3.92. The van der Waals surface area contributed by atoms with Crippen molar-refractivity contribution in [1.82, 2.24) is 4.98 Å². The minimum Gasteiger partial charge on any atom is -0.327 e. The molecule has 1 amide bonds. The fourth-order valence-electron chi connectivity index (χ4n) is 2.55. The third-order valence-corrected chi connectivity index (χ3v) is 3.81. The predicted molar refractivity (Wildman–Crippen MR) is 86.7 cm³/mol. The van der Waals surface area contributed by atoms with Crippen LogP contribution < -0.4 is 10.6 Å². The summed E-state index contributed by atoms with van der Waals surface area (Å²) in [4.78, 5) is 17.9. The molecular formula is C14H23Cl2N3O. The highest BCUT2D eigenvalue weighted by molar-refractivity contribution is 5.92. The highest BCUT2D eigenvalue weighted by Gasteiger charge is 2.25. The molecule has 1 aliphatic carbocycles. The number of nitrogens with two attached hydrogens (primary N) is 1. The number of carbonyl (C=O) groups is 1. The van der Waals surface area contributed by atoms with Gasteiger partial charge in [0.1, 0.15) is 0 Å². The molecule has 0 radical (unpaired) electrons. The van der Waals surface area contributed by atoms with Crippen molar-refractivity contribution in [1.29, 1.82) is 0 Å². The molecule has 2 rings (SSSR count). The van der Waals surface area contributed by atoms with Gasteiger partial charge in [0.25, 0.3) is 0 Å². The summed E-state index contributed by atoms with van der Waals surface area (Å²) in [5, 5.41) is 0. The second kappa shape index (κ2) is 9.16. The highest BCUT2D eigenvalue weighted by Crippen LogP contribution is 2.26. The number of hydrogen-bond donors (Lipinski definition) is 1. The Kier molecular flexibility index (Phi) is 8.78. The Morgan fingerprint density at radius 1 is 1.40 bits per heavy atom. The van der Waals surface area contributed by atoms with Crippen LogP contribution in [0.25, 0.3) is 0 Å². The van der Waals surface area contributed by atoms with E-state index in [4.69, 9.17) is 5.73 Å². The molecule has 6 heteroatoms. The van der Waals surface area contributed by atoms with Crippen molar-refractivity contribution in [2.24, 2.45) is 11.7 Å². The second-order valence-corrected chi connectivity index (χ2v) is 5.08. The summed E-state index contributed by atoms with van der Waals surface area (Å²) in [6.07, 6.45) is 8.49. The number of carbonyl (C=O) groups excluding carboxylic acids is 1. The average Bonchev–Trinajstić information content (AvgIpc) is 2.41. The minimum absolute atomic E-state index is 0. The van der Waals surface area contributed by atoms with Gasteiger partial charge in [-0.3, -0.25) is 9.78 Å². The minimum atomic E-state index is 0. The van der Waals surface area contributed by atoms with Crippen LogP contribution in [0.1, 0.15) is 32.1 Å². The first kappa shape index (κ1) is 19.2. The van der Waals surface area contributed by atoms with Gasteiger partial charge in [-0.05, 0) is 30.9 Å². The van der Waals surface area contributed by atoms with E-state index < -0.39 is 0 Å². The SMILES string of the molecule is CN(C(=O)CC1CCCCC1N)c1cccnc1.Cl.Cl. The van der Waals surface area contributed by atoms with Gasteiger partial charge in [-0.1, -0.05) is 12.8 Å². The van der Waals surface area contributed by atoms with Gasteiger partial charge in [-0.15, -0.1) is 24.8 Å². The zero-order chi connectivity index (χ0) is 13.0. The average molecular weight is 320 g/mol. The summed E-state index contributed by atoms with van der Waals surface area (Å²) in [7, 11) is 1.80. The van der Waals surface area contributed by atoms with E-state index in [1.54, 1.807) is 24.3 Å². The van der Waals surface area contributed by atoms with Gasteiger partial charge in [0.15, 0.2) is 0 Å². The van der Waals surface area contributed by atoms with Crippen molar-refractivity contribution in [3.63, 3.8) is 0 Å². The van der Waals surface area contributed by atoms with Crippen molar-refractivity contribution in [3.05, 3.63) is 24.5 Å². The molecule has 2 N–H and O–H groups in total. The second-order valence-electron chi connectivity index (χ2n) is 5.08. The van der Waals surface area contributed by atoms with Crippen LogP contribution in [0.4, 0.5) is 5.69 Å². The van der Waals surface area contributed by atoms with Gasteiger partial charge in [0, 0.05) is 25.7 Å². The summed E-state index contributed by atoms with van der Waals surface area (Å²) in [6.45, 7) is 0. The van der Waals surface area contributed by atoms with Crippen LogP contribution in [0.2, 0.25) is 0 Å². The number of halogens is 2. The Hall–Kier alpha value is -0.840. The number of anilines is 1. The first-order valence-electron chi connectivity index (χ1n) is 6.60. The zero-order valence-electron chi connectivity index (χ0n) is 11.7. The summed E-state index contributed by atoms with van der Waals surface area (Å²) < 4.78 is 0. The van der Waals surface area contributed by atoms with Crippen molar-refractivity contribution in [3.8, 4) is 0 Å². The molecule has 0 saturated heterocycles. The van der Waals surface area contributed by atoms with E-state index in [1.807, 2.05) is 12.1 Å². The van der Waals surface area contributed by atoms with E-state index in [2.05, 4.69) is 4.98 Å². The van der Waals surface area contributed by atoms with E-state index in [9.17, 15) is 4.79 Å². The lowest BCUT2D eigenvalue weighted by atomic mass is 9.83. The van der Waals surface area contributed by atoms with E-state index in [0.29, 0.717) is 12.3 Å². The van der Waals surface area contributed by atoms with Crippen molar-refractivity contribution < 1.29 is 4.79 Å². The fourth-order valence-corrected chi connectivity index (χ4v) is 2.55. The predicted octanol–water partition coefficient (Wildman–Crippen LogP) is 2.80. The number of rotatable bonds is 3. The van der Waals surface area contributed by atoms with E-state index in [0.717, 1.165) is 18.5 Å². The molecule has 1 saturated carbocycles. The molecule has 1 heterocycles.